The monoisotopic (exact) mass is 372 g/mol. The van der Waals surface area contributed by atoms with Crippen molar-refractivity contribution in [3.8, 4) is 5.75 Å². The molecule has 0 radical (unpaired) electrons. The maximum atomic E-state index is 5.69. The largest absolute Gasteiger partial charge is 0.493 e. The Kier molecular flexibility index (Phi) is 5.78. The lowest BCUT2D eigenvalue weighted by atomic mass is 10.2. The summed E-state index contributed by atoms with van der Waals surface area (Å²) in [6.45, 7) is 4.97. The molecule has 0 unspecified atom stereocenters. The number of benzene rings is 1. The van der Waals surface area contributed by atoms with Crippen molar-refractivity contribution in [2.75, 3.05) is 6.61 Å². The first kappa shape index (κ1) is 17.6. The standard InChI is InChI=1S/C18H20N4OS2/c1-13(2)12-23-15-7-5-14(6-8-15)11-19-22-17(20-21-18(22)24)10-16-4-3-9-25-16/h3-9,11,13H,10,12H2,1-2H3,(H,21,24)/b19-11-. The molecule has 0 spiro atoms. The summed E-state index contributed by atoms with van der Waals surface area (Å²) in [5, 5.41) is 13.6. The van der Waals surface area contributed by atoms with Gasteiger partial charge in [-0.2, -0.15) is 14.9 Å². The number of hydrogen-bond acceptors (Lipinski definition) is 5. The van der Waals surface area contributed by atoms with E-state index >= 15 is 0 Å². The van der Waals surface area contributed by atoms with Crippen LogP contribution >= 0.6 is 23.6 Å². The molecule has 25 heavy (non-hydrogen) atoms. The molecule has 0 saturated heterocycles. The average molecular weight is 373 g/mol. The zero-order valence-electron chi connectivity index (χ0n) is 14.2. The van der Waals surface area contributed by atoms with Crippen LogP contribution in [0.5, 0.6) is 5.75 Å². The molecule has 0 atom stereocenters. The van der Waals surface area contributed by atoms with Gasteiger partial charge in [0.2, 0.25) is 4.77 Å². The highest BCUT2D eigenvalue weighted by atomic mass is 32.1. The minimum Gasteiger partial charge on any atom is -0.493 e. The Morgan fingerprint density at radius 3 is 2.80 bits per heavy atom. The van der Waals surface area contributed by atoms with Crippen molar-refractivity contribution in [2.24, 2.45) is 11.0 Å². The fraction of sp³-hybridized carbons (Fsp3) is 0.278. The summed E-state index contributed by atoms with van der Waals surface area (Å²) in [5.41, 5.74) is 0.974. The zero-order valence-corrected chi connectivity index (χ0v) is 15.8. The first-order valence-electron chi connectivity index (χ1n) is 8.07. The summed E-state index contributed by atoms with van der Waals surface area (Å²) < 4.78 is 7.84. The predicted molar refractivity (Wildman–Crippen MR) is 104 cm³/mol. The molecule has 3 aromatic rings. The van der Waals surface area contributed by atoms with Crippen LogP contribution in [0.1, 0.15) is 30.1 Å². The number of hydrogen-bond donors (Lipinski definition) is 1. The summed E-state index contributed by atoms with van der Waals surface area (Å²) in [7, 11) is 0. The van der Waals surface area contributed by atoms with Gasteiger partial charge in [0.25, 0.3) is 0 Å². The van der Waals surface area contributed by atoms with Gasteiger partial charge < -0.3 is 4.74 Å². The predicted octanol–water partition coefficient (Wildman–Crippen LogP) is 4.51. The lowest BCUT2D eigenvalue weighted by molar-refractivity contribution is 0.271. The Morgan fingerprint density at radius 1 is 1.32 bits per heavy atom. The molecule has 5 nitrogen and oxygen atoms in total. The fourth-order valence-electron chi connectivity index (χ4n) is 2.16. The highest BCUT2D eigenvalue weighted by Crippen LogP contribution is 2.14. The smallest absolute Gasteiger partial charge is 0.216 e. The molecular formula is C18H20N4OS2. The number of nitrogens with one attached hydrogen (secondary N) is 1. The van der Waals surface area contributed by atoms with Crippen LogP contribution in [0.2, 0.25) is 0 Å². The SMILES string of the molecule is CC(C)COc1ccc(/C=N\n2c(Cc3cccs3)n[nH]c2=S)cc1. The van der Waals surface area contributed by atoms with Gasteiger partial charge in [0.05, 0.1) is 12.8 Å². The lowest BCUT2D eigenvalue weighted by Crippen LogP contribution is -2.04. The van der Waals surface area contributed by atoms with Crippen LogP contribution in [-0.2, 0) is 6.42 Å². The highest BCUT2D eigenvalue weighted by Gasteiger charge is 2.07. The van der Waals surface area contributed by atoms with Crippen molar-refractivity contribution in [2.45, 2.75) is 20.3 Å². The Labute approximate surface area is 156 Å². The van der Waals surface area contributed by atoms with Gasteiger partial charge in [0.1, 0.15) is 5.75 Å². The third kappa shape index (κ3) is 4.87. The second kappa shape index (κ2) is 8.22. The molecule has 0 aliphatic heterocycles. The number of aromatic amines is 1. The Bertz CT molecular complexity index is 877. The molecule has 0 aliphatic carbocycles. The molecule has 1 N–H and O–H groups in total. The minimum absolute atomic E-state index is 0.486. The van der Waals surface area contributed by atoms with E-state index in [1.807, 2.05) is 35.7 Å². The number of nitrogens with zero attached hydrogens (tertiary/aromatic N) is 3. The summed E-state index contributed by atoms with van der Waals surface area (Å²) in [4.78, 5) is 1.22. The molecule has 0 bridgehead atoms. The second-order valence-electron chi connectivity index (χ2n) is 6.03. The van der Waals surface area contributed by atoms with Crippen molar-refractivity contribution in [1.29, 1.82) is 0 Å². The van der Waals surface area contributed by atoms with Crippen molar-refractivity contribution in [1.82, 2.24) is 14.9 Å². The van der Waals surface area contributed by atoms with Crippen molar-refractivity contribution >= 4 is 29.8 Å². The maximum Gasteiger partial charge on any atom is 0.216 e. The molecule has 2 heterocycles. The fourth-order valence-corrected chi connectivity index (χ4v) is 3.06. The van der Waals surface area contributed by atoms with Crippen LogP contribution in [0.4, 0.5) is 0 Å². The van der Waals surface area contributed by atoms with E-state index in [1.54, 1.807) is 22.2 Å². The summed E-state index contributed by atoms with van der Waals surface area (Å²) >= 11 is 6.97. The van der Waals surface area contributed by atoms with Gasteiger partial charge in [-0.25, -0.2) is 0 Å². The number of H-pyrrole nitrogens is 1. The number of rotatable bonds is 7. The van der Waals surface area contributed by atoms with E-state index in [0.29, 0.717) is 23.7 Å². The van der Waals surface area contributed by atoms with E-state index in [2.05, 4.69) is 35.2 Å². The first-order valence-corrected chi connectivity index (χ1v) is 9.36. The van der Waals surface area contributed by atoms with Crippen LogP contribution in [0, 0.1) is 10.7 Å². The van der Waals surface area contributed by atoms with Crippen LogP contribution in [0.25, 0.3) is 0 Å². The lowest BCUT2D eigenvalue weighted by Gasteiger charge is -2.08. The molecule has 130 valence electrons. The molecule has 7 heteroatoms. The summed E-state index contributed by atoms with van der Waals surface area (Å²) in [5.74, 6) is 2.16. The van der Waals surface area contributed by atoms with Crippen LogP contribution in [0.15, 0.2) is 46.9 Å². The minimum atomic E-state index is 0.486. The quantitative estimate of drug-likeness (QED) is 0.490. The summed E-state index contributed by atoms with van der Waals surface area (Å²) in [6, 6.07) is 11.9. The normalized spacial score (nSPS) is 11.5. The van der Waals surface area contributed by atoms with Crippen molar-refractivity contribution in [3.05, 3.63) is 62.8 Å². The topological polar surface area (TPSA) is 55.2 Å². The van der Waals surface area contributed by atoms with Gasteiger partial charge in [0, 0.05) is 11.3 Å². The molecule has 0 fully saturated rings. The van der Waals surface area contributed by atoms with Crippen LogP contribution in [-0.4, -0.2) is 27.7 Å². The molecule has 0 saturated carbocycles. The Hall–Kier alpha value is -2.25. The number of aromatic nitrogens is 3. The third-order valence-electron chi connectivity index (χ3n) is 3.42. The van der Waals surface area contributed by atoms with E-state index in [1.165, 1.54) is 4.88 Å². The van der Waals surface area contributed by atoms with E-state index < -0.39 is 0 Å². The van der Waals surface area contributed by atoms with Gasteiger partial charge in [-0.1, -0.05) is 19.9 Å². The van der Waals surface area contributed by atoms with Gasteiger partial charge in [-0.05, 0) is 59.4 Å². The maximum absolute atomic E-state index is 5.69. The number of thiophene rings is 1. The molecule has 2 aromatic heterocycles. The first-order chi connectivity index (χ1) is 12.1. The third-order valence-corrected chi connectivity index (χ3v) is 4.56. The van der Waals surface area contributed by atoms with Crippen molar-refractivity contribution in [3.63, 3.8) is 0 Å². The van der Waals surface area contributed by atoms with E-state index in [4.69, 9.17) is 17.0 Å². The average Bonchev–Trinajstić information content (AvgIpc) is 3.23. The molecular weight excluding hydrogens is 352 g/mol. The van der Waals surface area contributed by atoms with Gasteiger partial charge in [-0.15, -0.1) is 11.3 Å². The van der Waals surface area contributed by atoms with E-state index in [0.717, 1.165) is 17.1 Å². The van der Waals surface area contributed by atoms with Gasteiger partial charge >= 0.3 is 0 Å². The van der Waals surface area contributed by atoms with Gasteiger partial charge in [0.15, 0.2) is 5.82 Å². The Morgan fingerprint density at radius 2 is 2.12 bits per heavy atom. The summed E-state index contributed by atoms with van der Waals surface area (Å²) in [6.07, 6.45) is 2.47. The van der Waals surface area contributed by atoms with Crippen LogP contribution < -0.4 is 4.74 Å². The number of ether oxygens (including phenoxy) is 1. The molecule has 3 rings (SSSR count). The van der Waals surface area contributed by atoms with Crippen molar-refractivity contribution < 1.29 is 4.74 Å². The van der Waals surface area contributed by atoms with Gasteiger partial charge in [-0.3, -0.25) is 5.10 Å². The van der Waals surface area contributed by atoms with E-state index in [-0.39, 0.29) is 0 Å². The van der Waals surface area contributed by atoms with Crippen LogP contribution in [0.3, 0.4) is 0 Å². The zero-order chi connectivity index (χ0) is 17.6. The molecule has 0 amide bonds. The second-order valence-corrected chi connectivity index (χ2v) is 7.45. The molecule has 0 aliphatic rings. The Balaban J connectivity index is 1.71. The highest BCUT2D eigenvalue weighted by molar-refractivity contribution is 7.71. The molecule has 1 aromatic carbocycles. The van der Waals surface area contributed by atoms with E-state index in [9.17, 15) is 0 Å².